The number of ether oxygens (including phenoxy) is 1. The minimum atomic E-state index is -1.10. The van der Waals surface area contributed by atoms with Gasteiger partial charge in [-0.05, 0) is 31.2 Å². The van der Waals surface area contributed by atoms with Crippen LogP contribution in [0.3, 0.4) is 0 Å². The van der Waals surface area contributed by atoms with E-state index in [1.807, 2.05) is 0 Å². The van der Waals surface area contributed by atoms with Gasteiger partial charge >= 0.3 is 5.97 Å². The lowest BCUT2D eigenvalue weighted by Crippen LogP contribution is -2.36. The highest BCUT2D eigenvalue weighted by molar-refractivity contribution is 6.32. The molecule has 1 atom stereocenters. The van der Waals surface area contributed by atoms with Gasteiger partial charge in [-0.1, -0.05) is 23.2 Å². The summed E-state index contributed by atoms with van der Waals surface area (Å²) >= 11 is 11.6. The monoisotopic (exact) mass is 396 g/mol. The van der Waals surface area contributed by atoms with Crippen LogP contribution in [0.5, 0.6) is 0 Å². The zero-order valence-electron chi connectivity index (χ0n) is 13.5. The molecular formula is C16H14Cl2N4O4. The van der Waals surface area contributed by atoms with Crippen LogP contribution >= 0.6 is 23.2 Å². The van der Waals surface area contributed by atoms with E-state index in [-0.39, 0.29) is 10.8 Å². The summed E-state index contributed by atoms with van der Waals surface area (Å²) in [7, 11) is 0. The van der Waals surface area contributed by atoms with Crippen molar-refractivity contribution in [1.29, 1.82) is 0 Å². The quantitative estimate of drug-likeness (QED) is 0.571. The molecule has 26 heavy (non-hydrogen) atoms. The van der Waals surface area contributed by atoms with E-state index in [9.17, 15) is 14.4 Å². The highest BCUT2D eigenvalue weighted by Gasteiger charge is 2.19. The number of nitrogens with zero attached hydrogens (tertiary/aromatic N) is 2. The molecule has 2 rings (SSSR count). The first kappa shape index (κ1) is 19.6. The average molecular weight is 397 g/mol. The fourth-order valence-corrected chi connectivity index (χ4v) is 2.10. The van der Waals surface area contributed by atoms with Gasteiger partial charge in [0.2, 0.25) is 0 Å². The second-order valence-corrected chi connectivity index (χ2v) is 5.80. The van der Waals surface area contributed by atoms with Crippen LogP contribution < -0.4 is 10.6 Å². The number of carbonyl (C=O) groups is 3. The standard InChI is InChI=1S/C16H14Cl2N4O4/c1-9(15(24)22-11-3-2-5-20-14(11)18)26-13(23)8-21-16(25)12-7-10(17)4-6-19-12/h2-7,9H,8H2,1H3,(H,21,25)(H,22,24)/t9-/m0/s1. The van der Waals surface area contributed by atoms with E-state index in [1.54, 1.807) is 12.1 Å². The number of hydrogen-bond donors (Lipinski definition) is 2. The number of rotatable bonds is 6. The van der Waals surface area contributed by atoms with Gasteiger partial charge in [0.15, 0.2) is 11.3 Å². The fraction of sp³-hybridized carbons (Fsp3) is 0.188. The van der Waals surface area contributed by atoms with Crippen molar-refractivity contribution in [2.45, 2.75) is 13.0 Å². The van der Waals surface area contributed by atoms with E-state index < -0.39 is 30.4 Å². The van der Waals surface area contributed by atoms with Crippen LogP contribution in [0.4, 0.5) is 5.69 Å². The van der Waals surface area contributed by atoms with Crippen LogP contribution in [0.1, 0.15) is 17.4 Å². The predicted octanol–water partition coefficient (Wildman–Crippen LogP) is 2.08. The Bertz CT molecular complexity index is 831. The minimum Gasteiger partial charge on any atom is -0.451 e. The zero-order valence-corrected chi connectivity index (χ0v) is 15.0. The molecule has 0 fully saturated rings. The molecule has 0 aliphatic carbocycles. The average Bonchev–Trinajstić information content (AvgIpc) is 2.61. The molecule has 2 aromatic rings. The van der Waals surface area contributed by atoms with Crippen molar-refractivity contribution >= 4 is 46.7 Å². The first-order valence-electron chi connectivity index (χ1n) is 7.37. The van der Waals surface area contributed by atoms with Crippen molar-refractivity contribution in [1.82, 2.24) is 15.3 Å². The van der Waals surface area contributed by atoms with Gasteiger partial charge in [-0.15, -0.1) is 0 Å². The molecule has 0 saturated heterocycles. The maximum atomic E-state index is 12.0. The largest absolute Gasteiger partial charge is 0.451 e. The van der Waals surface area contributed by atoms with E-state index in [2.05, 4.69) is 20.6 Å². The zero-order chi connectivity index (χ0) is 19.1. The Kier molecular flexibility index (Phi) is 6.88. The molecule has 2 aromatic heterocycles. The van der Waals surface area contributed by atoms with Crippen molar-refractivity contribution in [2.24, 2.45) is 0 Å². The van der Waals surface area contributed by atoms with Crippen molar-refractivity contribution in [2.75, 3.05) is 11.9 Å². The van der Waals surface area contributed by atoms with Gasteiger partial charge in [-0.2, -0.15) is 0 Å². The number of nitrogens with one attached hydrogen (secondary N) is 2. The molecule has 0 spiro atoms. The summed E-state index contributed by atoms with van der Waals surface area (Å²) in [5.74, 6) is -1.97. The van der Waals surface area contributed by atoms with Crippen molar-refractivity contribution in [3.63, 3.8) is 0 Å². The Morgan fingerprint density at radius 1 is 1.19 bits per heavy atom. The summed E-state index contributed by atoms with van der Waals surface area (Å²) in [6.45, 7) is 0.955. The first-order chi connectivity index (χ1) is 12.4. The van der Waals surface area contributed by atoms with E-state index in [0.29, 0.717) is 10.7 Å². The molecule has 0 saturated carbocycles. The third-order valence-electron chi connectivity index (χ3n) is 3.04. The molecule has 0 aliphatic rings. The third-order valence-corrected chi connectivity index (χ3v) is 3.58. The van der Waals surface area contributed by atoms with Gasteiger partial charge in [0, 0.05) is 17.4 Å². The number of esters is 1. The van der Waals surface area contributed by atoms with Gasteiger partial charge in [-0.25, -0.2) is 4.98 Å². The van der Waals surface area contributed by atoms with E-state index in [0.717, 1.165) is 0 Å². The smallest absolute Gasteiger partial charge is 0.326 e. The van der Waals surface area contributed by atoms with Crippen molar-refractivity contribution < 1.29 is 19.1 Å². The number of hydrogen-bond acceptors (Lipinski definition) is 6. The Morgan fingerprint density at radius 3 is 2.65 bits per heavy atom. The van der Waals surface area contributed by atoms with E-state index in [4.69, 9.17) is 27.9 Å². The Morgan fingerprint density at radius 2 is 1.96 bits per heavy atom. The number of amides is 2. The summed E-state index contributed by atoms with van der Waals surface area (Å²) in [6, 6.07) is 6.02. The van der Waals surface area contributed by atoms with Crippen LogP contribution in [-0.4, -0.2) is 40.4 Å². The fourth-order valence-electron chi connectivity index (χ4n) is 1.78. The number of aromatic nitrogens is 2. The van der Waals surface area contributed by atoms with Crippen LogP contribution in [0.15, 0.2) is 36.7 Å². The molecule has 0 radical (unpaired) electrons. The second kappa shape index (κ2) is 9.12. The van der Waals surface area contributed by atoms with Crippen LogP contribution in [0.25, 0.3) is 0 Å². The van der Waals surface area contributed by atoms with Gasteiger partial charge in [-0.3, -0.25) is 19.4 Å². The van der Waals surface area contributed by atoms with Gasteiger partial charge in [0.25, 0.3) is 11.8 Å². The van der Waals surface area contributed by atoms with E-state index >= 15 is 0 Å². The highest BCUT2D eigenvalue weighted by Crippen LogP contribution is 2.17. The van der Waals surface area contributed by atoms with Crippen LogP contribution in [-0.2, 0) is 14.3 Å². The molecule has 0 bridgehead atoms. The molecule has 0 aliphatic heterocycles. The molecule has 2 N–H and O–H groups in total. The number of carbonyl (C=O) groups excluding carboxylic acids is 3. The molecule has 2 heterocycles. The maximum Gasteiger partial charge on any atom is 0.326 e. The van der Waals surface area contributed by atoms with Gasteiger partial charge in [0.05, 0.1) is 5.69 Å². The van der Waals surface area contributed by atoms with Crippen molar-refractivity contribution in [3.05, 3.63) is 52.5 Å². The summed E-state index contributed by atoms with van der Waals surface area (Å²) in [5.41, 5.74) is 0.352. The summed E-state index contributed by atoms with van der Waals surface area (Å²) in [6.07, 6.45) is 1.74. The molecule has 2 amide bonds. The van der Waals surface area contributed by atoms with Crippen LogP contribution in [0.2, 0.25) is 10.2 Å². The topological polar surface area (TPSA) is 110 Å². The SMILES string of the molecule is C[C@H](OC(=O)CNC(=O)c1cc(Cl)ccn1)C(=O)Nc1cccnc1Cl. The second-order valence-electron chi connectivity index (χ2n) is 5.01. The van der Waals surface area contributed by atoms with Gasteiger partial charge < -0.3 is 15.4 Å². The molecule has 8 nitrogen and oxygen atoms in total. The minimum absolute atomic E-state index is 0.0577. The van der Waals surface area contributed by atoms with Gasteiger partial charge in [0.1, 0.15) is 12.2 Å². The first-order valence-corrected chi connectivity index (χ1v) is 8.13. The Hall–Kier alpha value is -2.71. The highest BCUT2D eigenvalue weighted by atomic mass is 35.5. The summed E-state index contributed by atoms with van der Waals surface area (Å²) in [5, 5.41) is 5.27. The molecule has 0 aromatic carbocycles. The Balaban J connectivity index is 1.82. The lowest BCUT2D eigenvalue weighted by molar-refractivity contribution is -0.152. The van der Waals surface area contributed by atoms with E-state index in [1.165, 1.54) is 31.5 Å². The number of halogens is 2. The normalized spacial score (nSPS) is 11.3. The molecule has 0 unspecified atom stereocenters. The van der Waals surface area contributed by atoms with Crippen molar-refractivity contribution in [3.8, 4) is 0 Å². The summed E-state index contributed by atoms with van der Waals surface area (Å²) < 4.78 is 4.96. The lowest BCUT2D eigenvalue weighted by Gasteiger charge is -2.14. The predicted molar refractivity (Wildman–Crippen MR) is 95.0 cm³/mol. The number of anilines is 1. The molecule has 136 valence electrons. The maximum absolute atomic E-state index is 12.0. The van der Waals surface area contributed by atoms with Crippen LogP contribution in [0, 0.1) is 0 Å². The number of pyridine rings is 2. The Labute approximate surface area is 158 Å². The lowest BCUT2D eigenvalue weighted by atomic mass is 10.3. The molecule has 10 heteroatoms. The third kappa shape index (κ3) is 5.68. The molecular weight excluding hydrogens is 383 g/mol. The summed E-state index contributed by atoms with van der Waals surface area (Å²) in [4.78, 5) is 43.3.